The molecule has 0 aromatic heterocycles. The molecule has 17 heavy (non-hydrogen) atoms. The van der Waals surface area contributed by atoms with Gasteiger partial charge in [0.25, 0.3) is 0 Å². The molecule has 4 nitrogen and oxygen atoms in total. The molecule has 2 rings (SSSR count). The maximum atomic E-state index is 11.7. The van der Waals surface area contributed by atoms with Crippen molar-refractivity contribution in [3.05, 3.63) is 35.9 Å². The monoisotopic (exact) mass is 234 g/mol. The van der Waals surface area contributed by atoms with Crippen molar-refractivity contribution in [3.8, 4) is 0 Å². The number of cyclic esters (lactones) is 1. The van der Waals surface area contributed by atoms with Crippen LogP contribution in [-0.4, -0.2) is 25.7 Å². The van der Waals surface area contributed by atoms with Gasteiger partial charge in [-0.3, -0.25) is 9.59 Å². The molecule has 1 aromatic carbocycles. The van der Waals surface area contributed by atoms with E-state index in [1.165, 1.54) is 7.11 Å². The zero-order chi connectivity index (χ0) is 12.3. The number of carbonyl (C=O) groups excluding carboxylic acids is 2. The Hall–Kier alpha value is -1.84. The fraction of sp³-hybridized carbons (Fsp3) is 0.385. The van der Waals surface area contributed by atoms with Crippen LogP contribution in [0.4, 0.5) is 0 Å². The SMILES string of the molecule is COC(=O)[C@@H]1C(=O)OCC[C@H]1c1ccccc1. The summed E-state index contributed by atoms with van der Waals surface area (Å²) in [6.07, 6.45) is 0.648. The van der Waals surface area contributed by atoms with E-state index in [1.807, 2.05) is 30.3 Å². The average Bonchev–Trinajstić information content (AvgIpc) is 2.38. The third kappa shape index (κ3) is 2.30. The van der Waals surface area contributed by atoms with Crippen LogP contribution in [0, 0.1) is 5.92 Å². The van der Waals surface area contributed by atoms with Crippen molar-refractivity contribution in [1.82, 2.24) is 0 Å². The normalized spacial score (nSPS) is 23.9. The molecule has 1 saturated heterocycles. The predicted molar refractivity (Wildman–Crippen MR) is 60.3 cm³/mol. The van der Waals surface area contributed by atoms with Crippen LogP contribution in [-0.2, 0) is 19.1 Å². The number of esters is 2. The van der Waals surface area contributed by atoms with Gasteiger partial charge in [0.05, 0.1) is 13.7 Å². The van der Waals surface area contributed by atoms with Crippen LogP contribution >= 0.6 is 0 Å². The van der Waals surface area contributed by atoms with Crippen LogP contribution in [0.3, 0.4) is 0 Å². The van der Waals surface area contributed by atoms with Gasteiger partial charge in [-0.1, -0.05) is 30.3 Å². The molecule has 0 aliphatic carbocycles. The third-order valence-electron chi connectivity index (χ3n) is 3.01. The van der Waals surface area contributed by atoms with E-state index >= 15 is 0 Å². The minimum absolute atomic E-state index is 0.148. The summed E-state index contributed by atoms with van der Waals surface area (Å²) in [5, 5.41) is 0. The summed E-state index contributed by atoms with van der Waals surface area (Å²) < 4.78 is 9.60. The molecule has 1 aliphatic rings. The lowest BCUT2D eigenvalue weighted by atomic mass is 9.82. The van der Waals surface area contributed by atoms with Crippen molar-refractivity contribution < 1.29 is 19.1 Å². The number of carbonyl (C=O) groups is 2. The molecule has 0 amide bonds. The number of hydrogen-bond acceptors (Lipinski definition) is 4. The van der Waals surface area contributed by atoms with Crippen molar-refractivity contribution in [2.24, 2.45) is 5.92 Å². The Morgan fingerprint density at radius 1 is 1.35 bits per heavy atom. The minimum atomic E-state index is -0.837. The van der Waals surface area contributed by atoms with Gasteiger partial charge in [-0.05, 0) is 12.0 Å². The van der Waals surface area contributed by atoms with E-state index in [0.29, 0.717) is 13.0 Å². The van der Waals surface area contributed by atoms with Crippen LogP contribution in [0.15, 0.2) is 30.3 Å². The van der Waals surface area contributed by atoms with E-state index in [4.69, 9.17) is 4.74 Å². The fourth-order valence-corrected chi connectivity index (χ4v) is 2.15. The molecule has 0 spiro atoms. The summed E-state index contributed by atoms with van der Waals surface area (Å²) in [6.45, 7) is 0.353. The maximum absolute atomic E-state index is 11.7. The van der Waals surface area contributed by atoms with Gasteiger partial charge in [0.1, 0.15) is 0 Å². The van der Waals surface area contributed by atoms with E-state index in [-0.39, 0.29) is 5.92 Å². The molecule has 0 unspecified atom stereocenters. The summed E-state index contributed by atoms with van der Waals surface area (Å²) in [7, 11) is 1.28. The number of hydrogen-bond donors (Lipinski definition) is 0. The smallest absolute Gasteiger partial charge is 0.320 e. The minimum Gasteiger partial charge on any atom is -0.468 e. The summed E-state index contributed by atoms with van der Waals surface area (Å²) in [4.78, 5) is 23.3. The zero-order valence-corrected chi connectivity index (χ0v) is 9.59. The Balaban J connectivity index is 2.30. The molecule has 1 heterocycles. The maximum Gasteiger partial charge on any atom is 0.320 e. The molecule has 90 valence electrons. The van der Waals surface area contributed by atoms with Gasteiger partial charge in [-0.15, -0.1) is 0 Å². The molecule has 4 heteroatoms. The highest BCUT2D eigenvalue weighted by atomic mass is 16.5. The fourth-order valence-electron chi connectivity index (χ4n) is 2.15. The summed E-state index contributed by atoms with van der Waals surface area (Å²) >= 11 is 0. The van der Waals surface area contributed by atoms with E-state index in [2.05, 4.69) is 4.74 Å². The van der Waals surface area contributed by atoms with E-state index in [9.17, 15) is 9.59 Å². The first kappa shape index (κ1) is 11.6. The van der Waals surface area contributed by atoms with Crippen molar-refractivity contribution in [2.45, 2.75) is 12.3 Å². The van der Waals surface area contributed by atoms with Gasteiger partial charge in [0, 0.05) is 5.92 Å². The molecular formula is C13H14O4. The average molecular weight is 234 g/mol. The quantitative estimate of drug-likeness (QED) is 0.575. The number of methoxy groups -OCH3 is 1. The number of rotatable bonds is 2. The molecule has 1 aromatic rings. The van der Waals surface area contributed by atoms with Crippen LogP contribution in [0.5, 0.6) is 0 Å². The lowest BCUT2D eigenvalue weighted by Crippen LogP contribution is -2.37. The van der Waals surface area contributed by atoms with E-state index in [1.54, 1.807) is 0 Å². The van der Waals surface area contributed by atoms with Crippen molar-refractivity contribution in [1.29, 1.82) is 0 Å². The van der Waals surface area contributed by atoms with Gasteiger partial charge in [0.15, 0.2) is 5.92 Å². The van der Waals surface area contributed by atoms with Crippen molar-refractivity contribution in [2.75, 3.05) is 13.7 Å². The number of ether oxygens (including phenoxy) is 2. The van der Waals surface area contributed by atoms with Gasteiger partial charge < -0.3 is 9.47 Å². The molecular weight excluding hydrogens is 220 g/mol. The first-order valence-corrected chi connectivity index (χ1v) is 5.53. The highest BCUT2D eigenvalue weighted by Crippen LogP contribution is 2.33. The van der Waals surface area contributed by atoms with Gasteiger partial charge in [0.2, 0.25) is 0 Å². The number of benzene rings is 1. The summed E-state index contributed by atoms with van der Waals surface area (Å²) in [5.74, 6) is -2.00. The topological polar surface area (TPSA) is 52.6 Å². The first-order chi connectivity index (χ1) is 8.24. The van der Waals surface area contributed by atoms with Gasteiger partial charge in [-0.25, -0.2) is 0 Å². The van der Waals surface area contributed by atoms with E-state index < -0.39 is 17.9 Å². The Labute approximate surface area is 99.5 Å². The van der Waals surface area contributed by atoms with E-state index in [0.717, 1.165) is 5.56 Å². The molecule has 1 fully saturated rings. The van der Waals surface area contributed by atoms with Crippen molar-refractivity contribution in [3.63, 3.8) is 0 Å². The highest BCUT2D eigenvalue weighted by Gasteiger charge is 2.40. The largest absolute Gasteiger partial charge is 0.468 e. The lowest BCUT2D eigenvalue weighted by molar-refractivity contribution is -0.166. The Kier molecular flexibility index (Phi) is 3.42. The molecule has 2 atom stereocenters. The predicted octanol–water partition coefficient (Wildman–Crippen LogP) is 1.51. The standard InChI is InChI=1S/C13H14O4/c1-16-12(14)11-10(7-8-17-13(11)15)9-5-3-2-4-6-9/h2-6,10-11H,7-8H2,1H3/t10-,11+/m0/s1. The Morgan fingerprint density at radius 2 is 2.06 bits per heavy atom. The first-order valence-electron chi connectivity index (χ1n) is 5.53. The zero-order valence-electron chi connectivity index (χ0n) is 9.59. The Morgan fingerprint density at radius 3 is 2.71 bits per heavy atom. The van der Waals surface area contributed by atoms with Crippen LogP contribution in [0.1, 0.15) is 17.9 Å². The lowest BCUT2D eigenvalue weighted by Gasteiger charge is -2.28. The molecule has 0 N–H and O–H groups in total. The molecule has 0 saturated carbocycles. The molecule has 1 aliphatic heterocycles. The Bertz CT molecular complexity index is 405. The second-order valence-electron chi connectivity index (χ2n) is 3.97. The summed E-state index contributed by atoms with van der Waals surface area (Å²) in [5.41, 5.74) is 0.972. The van der Waals surface area contributed by atoms with Crippen LogP contribution < -0.4 is 0 Å². The van der Waals surface area contributed by atoms with Gasteiger partial charge >= 0.3 is 11.9 Å². The van der Waals surface area contributed by atoms with Crippen molar-refractivity contribution >= 4 is 11.9 Å². The van der Waals surface area contributed by atoms with Crippen LogP contribution in [0.25, 0.3) is 0 Å². The molecule has 0 bridgehead atoms. The second kappa shape index (κ2) is 4.99. The second-order valence-corrected chi connectivity index (χ2v) is 3.97. The van der Waals surface area contributed by atoms with Gasteiger partial charge in [-0.2, -0.15) is 0 Å². The highest BCUT2D eigenvalue weighted by molar-refractivity contribution is 5.96. The van der Waals surface area contributed by atoms with Crippen LogP contribution in [0.2, 0.25) is 0 Å². The third-order valence-corrected chi connectivity index (χ3v) is 3.01. The molecule has 0 radical (unpaired) electrons. The summed E-state index contributed by atoms with van der Waals surface area (Å²) in [6, 6.07) is 9.52.